The molecule has 1 saturated heterocycles. The largest absolute Gasteiger partial charge is 0.323 e. The maximum absolute atomic E-state index is 13.0. The highest BCUT2D eigenvalue weighted by Crippen LogP contribution is 2.21. The number of para-hydroxylation sites is 1. The van der Waals surface area contributed by atoms with Gasteiger partial charge in [-0.25, -0.2) is 8.42 Å². The molecule has 2 aromatic rings. The van der Waals surface area contributed by atoms with Crippen LogP contribution in [-0.2, 0) is 14.8 Å². The van der Waals surface area contributed by atoms with Gasteiger partial charge >= 0.3 is 0 Å². The first kappa shape index (κ1) is 20.5. The third kappa shape index (κ3) is 4.43. The maximum atomic E-state index is 13.0. The van der Waals surface area contributed by atoms with Crippen molar-refractivity contribution < 1.29 is 18.1 Å². The molecule has 0 aromatic heterocycles. The number of amides is 1. The normalized spacial score (nSPS) is 17.2. The van der Waals surface area contributed by atoms with E-state index in [0.29, 0.717) is 31.1 Å². The summed E-state index contributed by atoms with van der Waals surface area (Å²) in [4.78, 5) is 14.0. The highest BCUT2D eigenvalue weighted by atomic mass is 32.2. The molecule has 0 aliphatic carbocycles. The van der Waals surface area contributed by atoms with Crippen LogP contribution in [0.3, 0.4) is 0 Å². The molecule has 28 heavy (non-hydrogen) atoms. The second-order valence-electron chi connectivity index (χ2n) is 7.41. The van der Waals surface area contributed by atoms with Crippen molar-refractivity contribution in [2.24, 2.45) is 0 Å². The van der Waals surface area contributed by atoms with Gasteiger partial charge in [0.1, 0.15) is 0 Å². The molecule has 1 fully saturated rings. The molecule has 0 spiro atoms. The number of sulfonamides is 1. The number of nitrogens with zero attached hydrogens (tertiary/aromatic N) is 1. The molecule has 1 heterocycles. The van der Waals surface area contributed by atoms with Crippen LogP contribution in [0.15, 0.2) is 53.4 Å². The van der Waals surface area contributed by atoms with Gasteiger partial charge in [-0.05, 0) is 50.1 Å². The molecule has 0 saturated carbocycles. The summed E-state index contributed by atoms with van der Waals surface area (Å²) in [6.45, 7) is 7.64. The topological polar surface area (TPSA) is 70.9 Å². The van der Waals surface area contributed by atoms with Gasteiger partial charge in [0.2, 0.25) is 10.0 Å². The van der Waals surface area contributed by atoms with Gasteiger partial charge in [-0.1, -0.05) is 30.3 Å². The lowest BCUT2D eigenvalue weighted by atomic mass is 10.2. The Morgan fingerprint density at radius 3 is 2.36 bits per heavy atom. The minimum atomic E-state index is -3.51. The summed E-state index contributed by atoms with van der Waals surface area (Å²) in [6, 6.07) is 14.6. The second-order valence-corrected chi connectivity index (χ2v) is 9.31. The fraction of sp³-hybridized carbons (Fsp3) is 0.381. The van der Waals surface area contributed by atoms with Crippen LogP contribution < -0.4 is 10.2 Å². The van der Waals surface area contributed by atoms with E-state index in [-0.39, 0.29) is 11.9 Å². The molecule has 1 atom stereocenters. The van der Waals surface area contributed by atoms with Crippen LogP contribution >= 0.6 is 0 Å². The Morgan fingerprint density at radius 1 is 1.07 bits per heavy atom. The van der Waals surface area contributed by atoms with E-state index in [1.165, 1.54) is 0 Å². The number of piperazine rings is 1. The number of anilines is 1. The van der Waals surface area contributed by atoms with Gasteiger partial charge in [0.25, 0.3) is 5.91 Å². The van der Waals surface area contributed by atoms with E-state index < -0.39 is 10.0 Å². The summed E-state index contributed by atoms with van der Waals surface area (Å²) >= 11 is 0. The highest BCUT2D eigenvalue weighted by Gasteiger charge is 2.35. The first-order valence-electron chi connectivity index (χ1n) is 9.57. The van der Waals surface area contributed by atoms with E-state index >= 15 is 0 Å². The molecule has 2 aromatic carbocycles. The minimum absolute atomic E-state index is 0.0490. The fourth-order valence-corrected chi connectivity index (χ4v) is 5.28. The van der Waals surface area contributed by atoms with Crippen LogP contribution in [0.1, 0.15) is 18.1 Å². The Kier molecular flexibility index (Phi) is 6.17. The van der Waals surface area contributed by atoms with Gasteiger partial charge in [-0.3, -0.25) is 4.79 Å². The summed E-state index contributed by atoms with van der Waals surface area (Å²) in [5.74, 6) is -0.0490. The van der Waals surface area contributed by atoms with Crippen molar-refractivity contribution in [1.29, 1.82) is 0 Å². The van der Waals surface area contributed by atoms with E-state index in [9.17, 15) is 13.2 Å². The Morgan fingerprint density at radius 2 is 1.71 bits per heavy atom. The van der Waals surface area contributed by atoms with Crippen molar-refractivity contribution in [1.82, 2.24) is 4.31 Å². The van der Waals surface area contributed by atoms with Crippen molar-refractivity contribution in [2.75, 3.05) is 31.5 Å². The average Bonchev–Trinajstić information content (AvgIpc) is 2.70. The Bertz CT molecular complexity index is 937. The van der Waals surface area contributed by atoms with Crippen molar-refractivity contribution in [3.05, 3.63) is 59.7 Å². The van der Waals surface area contributed by atoms with Crippen LogP contribution in [0.4, 0.5) is 5.69 Å². The molecular weight excluding hydrogens is 374 g/mol. The van der Waals surface area contributed by atoms with Crippen molar-refractivity contribution in [2.45, 2.75) is 31.7 Å². The summed E-state index contributed by atoms with van der Waals surface area (Å²) in [7, 11) is -3.51. The molecule has 1 amide bonds. The van der Waals surface area contributed by atoms with Crippen molar-refractivity contribution >= 4 is 21.6 Å². The Hall–Kier alpha value is -2.22. The number of benzene rings is 2. The predicted molar refractivity (Wildman–Crippen MR) is 110 cm³/mol. The van der Waals surface area contributed by atoms with Gasteiger partial charge < -0.3 is 10.2 Å². The van der Waals surface area contributed by atoms with Gasteiger partial charge in [0.05, 0.1) is 31.1 Å². The van der Waals surface area contributed by atoms with Crippen LogP contribution in [0.2, 0.25) is 0 Å². The summed E-state index contributed by atoms with van der Waals surface area (Å²) in [5.41, 5.74) is 2.46. The Balaban J connectivity index is 1.63. The average molecular weight is 403 g/mol. The molecular formula is C21H28N3O3S+. The number of aryl methyl sites for hydroxylation is 2. The molecule has 2 N–H and O–H groups in total. The van der Waals surface area contributed by atoms with Gasteiger partial charge in [-0.15, -0.1) is 0 Å². The van der Waals surface area contributed by atoms with E-state index in [2.05, 4.69) is 5.32 Å². The zero-order chi connectivity index (χ0) is 20.3. The zero-order valence-electron chi connectivity index (χ0n) is 16.6. The predicted octanol–water partition coefficient (Wildman–Crippen LogP) is 1.22. The lowest BCUT2D eigenvalue weighted by molar-refractivity contribution is -0.917. The first-order valence-corrected chi connectivity index (χ1v) is 11.0. The molecule has 7 heteroatoms. The van der Waals surface area contributed by atoms with Crippen molar-refractivity contribution in [3.8, 4) is 0 Å². The Labute approximate surface area is 167 Å². The monoisotopic (exact) mass is 402 g/mol. The molecule has 6 nitrogen and oxygen atoms in total. The first-order chi connectivity index (χ1) is 13.3. The quantitative estimate of drug-likeness (QED) is 0.790. The van der Waals surface area contributed by atoms with Crippen LogP contribution in [0.5, 0.6) is 0 Å². The number of carbonyl (C=O) groups is 1. The number of quaternary nitrogens is 1. The third-order valence-electron chi connectivity index (χ3n) is 5.37. The molecule has 150 valence electrons. The van der Waals surface area contributed by atoms with Gasteiger partial charge in [0, 0.05) is 5.69 Å². The van der Waals surface area contributed by atoms with E-state index in [1.807, 2.05) is 63.2 Å². The maximum Gasteiger partial charge on any atom is 0.282 e. The van der Waals surface area contributed by atoms with Crippen LogP contribution in [0, 0.1) is 13.8 Å². The van der Waals surface area contributed by atoms with Crippen LogP contribution in [-0.4, -0.2) is 50.9 Å². The molecule has 1 aliphatic rings. The number of carbonyl (C=O) groups excluding carboxylic acids is 1. The summed E-state index contributed by atoms with van der Waals surface area (Å²) < 4.78 is 27.6. The number of hydrogen-bond acceptors (Lipinski definition) is 3. The smallest absolute Gasteiger partial charge is 0.282 e. The number of rotatable bonds is 5. The summed E-state index contributed by atoms with van der Waals surface area (Å²) in [6.07, 6.45) is 0. The van der Waals surface area contributed by atoms with E-state index in [1.54, 1.807) is 10.4 Å². The molecule has 0 unspecified atom stereocenters. The molecule has 3 rings (SSSR count). The zero-order valence-corrected chi connectivity index (χ0v) is 17.4. The number of nitrogens with one attached hydrogen (secondary N) is 2. The van der Waals surface area contributed by atoms with Gasteiger partial charge in [0.15, 0.2) is 6.04 Å². The van der Waals surface area contributed by atoms with Gasteiger partial charge in [-0.2, -0.15) is 4.31 Å². The SMILES string of the molecule is Cc1ccc(C)c(S(=O)(=O)N2CC[NH+]([C@@H](C)C(=O)Nc3ccccc3)CC2)c1. The van der Waals surface area contributed by atoms with E-state index in [0.717, 1.165) is 21.7 Å². The molecule has 0 bridgehead atoms. The lowest BCUT2D eigenvalue weighted by Gasteiger charge is -2.34. The molecule has 0 radical (unpaired) electrons. The standard InChI is InChI=1S/C21H27N3O3S/c1-16-9-10-17(2)20(15-16)28(26,27)24-13-11-23(12-14-24)18(3)21(25)22-19-7-5-4-6-8-19/h4-10,15,18H,11-14H2,1-3H3,(H,22,25)/p+1/t18-/m0/s1. The number of hydrogen-bond donors (Lipinski definition) is 2. The summed E-state index contributed by atoms with van der Waals surface area (Å²) in [5, 5.41) is 2.93. The highest BCUT2D eigenvalue weighted by molar-refractivity contribution is 7.89. The lowest BCUT2D eigenvalue weighted by Crippen LogP contribution is -3.19. The molecule has 1 aliphatic heterocycles. The van der Waals surface area contributed by atoms with E-state index in [4.69, 9.17) is 0 Å². The fourth-order valence-electron chi connectivity index (χ4n) is 3.53. The third-order valence-corrected chi connectivity index (χ3v) is 7.41. The minimum Gasteiger partial charge on any atom is -0.323 e. The van der Waals surface area contributed by atoms with Crippen molar-refractivity contribution in [3.63, 3.8) is 0 Å². The van der Waals surface area contributed by atoms with Crippen LogP contribution in [0.25, 0.3) is 0 Å². The second kappa shape index (κ2) is 8.43.